The average Bonchev–Trinajstić information content (AvgIpc) is 3.35. The van der Waals surface area contributed by atoms with Crippen LogP contribution in [0.4, 0.5) is 0 Å². The molecule has 0 aliphatic heterocycles. The maximum absolute atomic E-state index is 12.5. The number of allylic oxidation sites excluding steroid dienone is 2. The zero-order valence-electron chi connectivity index (χ0n) is 46.8. The minimum Gasteiger partial charge on any atom is -0.466 e. The van der Waals surface area contributed by atoms with Gasteiger partial charge in [0.1, 0.15) is 0 Å². The first-order valence-corrected chi connectivity index (χ1v) is 31.4. The molecule has 0 fully saturated rings. The van der Waals surface area contributed by atoms with Crippen LogP contribution in [0.2, 0.25) is 0 Å². The maximum atomic E-state index is 12.5. The summed E-state index contributed by atoms with van der Waals surface area (Å²) >= 11 is 0. The Labute approximate surface area is 431 Å². The lowest BCUT2D eigenvalue weighted by Gasteiger charge is -2.22. The molecule has 0 aromatic rings. The fourth-order valence-corrected chi connectivity index (χ4v) is 9.99. The van der Waals surface area contributed by atoms with Crippen molar-refractivity contribution in [3.05, 3.63) is 12.2 Å². The highest BCUT2D eigenvalue weighted by atomic mass is 16.5. The summed E-state index contributed by atoms with van der Waals surface area (Å²) in [4.78, 5) is 24.5. The molecule has 3 N–H and O–H groups in total. The average molecular weight is 975 g/mol. The molecule has 0 aromatic carbocycles. The minimum atomic E-state index is -0.664. The van der Waals surface area contributed by atoms with Crippen molar-refractivity contribution in [2.45, 2.75) is 366 Å². The lowest BCUT2D eigenvalue weighted by atomic mass is 10.0. The number of ether oxygens (including phenoxy) is 1. The lowest BCUT2D eigenvalue weighted by molar-refractivity contribution is -0.143. The topological polar surface area (TPSA) is 95.9 Å². The van der Waals surface area contributed by atoms with Gasteiger partial charge < -0.3 is 20.3 Å². The molecule has 2 unspecified atom stereocenters. The summed E-state index contributed by atoms with van der Waals surface area (Å²) in [7, 11) is 0. The van der Waals surface area contributed by atoms with Gasteiger partial charge >= 0.3 is 5.97 Å². The Hall–Kier alpha value is -1.40. The Morgan fingerprint density at radius 2 is 0.681 bits per heavy atom. The van der Waals surface area contributed by atoms with Crippen LogP contribution in [0.5, 0.6) is 0 Å². The number of rotatable bonds is 59. The second-order valence-electron chi connectivity index (χ2n) is 21.7. The zero-order valence-corrected chi connectivity index (χ0v) is 46.8. The van der Waals surface area contributed by atoms with Gasteiger partial charge in [0.2, 0.25) is 5.91 Å². The van der Waals surface area contributed by atoms with Crippen LogP contribution in [0.3, 0.4) is 0 Å². The van der Waals surface area contributed by atoms with Gasteiger partial charge in [0.25, 0.3) is 0 Å². The number of esters is 1. The third-order valence-electron chi connectivity index (χ3n) is 14.8. The SMILES string of the molecule is CCCCCCCCCCCCCCCC(=O)OCCCCCCCCCCCCCC/C=C\CCCCCCCCCCCCC(=O)NC(CO)C(O)CCCCCCCCCCCCCCC. The molecule has 0 rings (SSSR count). The number of aliphatic hydroxyl groups is 2. The van der Waals surface area contributed by atoms with Crippen molar-refractivity contribution in [3.63, 3.8) is 0 Å². The van der Waals surface area contributed by atoms with E-state index < -0.39 is 12.1 Å². The molecule has 6 heteroatoms. The van der Waals surface area contributed by atoms with Crippen molar-refractivity contribution in [1.82, 2.24) is 5.32 Å². The second-order valence-corrected chi connectivity index (χ2v) is 21.7. The van der Waals surface area contributed by atoms with E-state index in [0.717, 1.165) is 38.5 Å². The molecule has 0 radical (unpaired) electrons. The molecular formula is C63H123NO5. The van der Waals surface area contributed by atoms with Gasteiger partial charge in [-0.25, -0.2) is 0 Å². The van der Waals surface area contributed by atoms with Crippen LogP contribution in [0, 0.1) is 0 Å². The van der Waals surface area contributed by atoms with Crippen LogP contribution < -0.4 is 5.32 Å². The van der Waals surface area contributed by atoms with E-state index in [-0.39, 0.29) is 18.5 Å². The summed E-state index contributed by atoms with van der Waals surface area (Å²) in [5.74, 6) is -0.0187. The molecule has 1 amide bonds. The molecule has 0 saturated carbocycles. The molecule has 0 saturated heterocycles. The molecule has 0 spiro atoms. The van der Waals surface area contributed by atoms with E-state index in [4.69, 9.17) is 4.74 Å². The Morgan fingerprint density at radius 3 is 1.03 bits per heavy atom. The first kappa shape index (κ1) is 67.6. The molecule has 0 aromatic heterocycles. The van der Waals surface area contributed by atoms with Gasteiger partial charge in [0, 0.05) is 12.8 Å². The van der Waals surface area contributed by atoms with E-state index in [9.17, 15) is 19.8 Å². The van der Waals surface area contributed by atoms with Crippen molar-refractivity contribution in [3.8, 4) is 0 Å². The Bertz CT molecular complexity index is 1030. The smallest absolute Gasteiger partial charge is 0.305 e. The highest BCUT2D eigenvalue weighted by Crippen LogP contribution is 2.18. The molecule has 69 heavy (non-hydrogen) atoms. The first-order chi connectivity index (χ1) is 34.0. The van der Waals surface area contributed by atoms with Crippen LogP contribution in [-0.2, 0) is 14.3 Å². The van der Waals surface area contributed by atoms with E-state index in [1.54, 1.807) is 0 Å². The normalized spacial score (nSPS) is 12.6. The monoisotopic (exact) mass is 974 g/mol. The number of amides is 1. The van der Waals surface area contributed by atoms with E-state index >= 15 is 0 Å². The Morgan fingerprint density at radius 1 is 0.391 bits per heavy atom. The highest BCUT2D eigenvalue weighted by molar-refractivity contribution is 5.76. The van der Waals surface area contributed by atoms with Crippen LogP contribution in [-0.4, -0.2) is 47.4 Å². The fraction of sp³-hybridized carbons (Fsp3) is 0.937. The molecular weight excluding hydrogens is 851 g/mol. The van der Waals surface area contributed by atoms with Crippen molar-refractivity contribution >= 4 is 11.9 Å². The van der Waals surface area contributed by atoms with Crippen molar-refractivity contribution in [2.24, 2.45) is 0 Å². The summed E-state index contributed by atoms with van der Waals surface area (Å²) in [5, 5.41) is 23.2. The van der Waals surface area contributed by atoms with Crippen molar-refractivity contribution in [1.29, 1.82) is 0 Å². The summed E-state index contributed by atoms with van der Waals surface area (Å²) in [5.41, 5.74) is 0. The molecule has 410 valence electrons. The molecule has 0 bridgehead atoms. The van der Waals surface area contributed by atoms with Gasteiger partial charge in [-0.15, -0.1) is 0 Å². The van der Waals surface area contributed by atoms with E-state index in [2.05, 4.69) is 31.3 Å². The van der Waals surface area contributed by atoms with Gasteiger partial charge in [0.05, 0.1) is 25.4 Å². The molecule has 0 aliphatic rings. The summed E-state index contributed by atoms with van der Waals surface area (Å²) in [6.07, 6.45) is 70.9. The van der Waals surface area contributed by atoms with Crippen LogP contribution >= 0.6 is 0 Å². The van der Waals surface area contributed by atoms with Gasteiger partial charge in [0.15, 0.2) is 0 Å². The van der Waals surface area contributed by atoms with Gasteiger partial charge in [-0.1, -0.05) is 302 Å². The van der Waals surface area contributed by atoms with Crippen LogP contribution in [0.15, 0.2) is 12.2 Å². The zero-order chi connectivity index (χ0) is 50.0. The van der Waals surface area contributed by atoms with Crippen molar-refractivity contribution in [2.75, 3.05) is 13.2 Å². The predicted octanol–water partition coefficient (Wildman–Crippen LogP) is 19.6. The highest BCUT2D eigenvalue weighted by Gasteiger charge is 2.20. The number of aliphatic hydroxyl groups excluding tert-OH is 2. The number of hydrogen-bond donors (Lipinski definition) is 3. The largest absolute Gasteiger partial charge is 0.466 e. The summed E-state index contributed by atoms with van der Waals surface area (Å²) < 4.78 is 5.48. The second kappa shape index (κ2) is 59.2. The summed E-state index contributed by atoms with van der Waals surface area (Å²) in [6, 6.07) is -0.541. The van der Waals surface area contributed by atoms with Crippen LogP contribution in [0.25, 0.3) is 0 Å². The van der Waals surface area contributed by atoms with E-state index in [1.165, 1.54) is 283 Å². The minimum absolute atomic E-state index is 0.0164. The molecule has 6 nitrogen and oxygen atoms in total. The maximum Gasteiger partial charge on any atom is 0.305 e. The summed E-state index contributed by atoms with van der Waals surface area (Å²) in [6.45, 7) is 4.97. The van der Waals surface area contributed by atoms with Crippen LogP contribution in [0.1, 0.15) is 354 Å². The van der Waals surface area contributed by atoms with Gasteiger partial charge in [-0.05, 0) is 51.4 Å². The molecule has 2 atom stereocenters. The third-order valence-corrected chi connectivity index (χ3v) is 14.8. The first-order valence-electron chi connectivity index (χ1n) is 31.4. The van der Waals surface area contributed by atoms with Gasteiger partial charge in [-0.3, -0.25) is 9.59 Å². The standard InChI is InChI=1S/C63H123NO5/c1-3-5-7-9-11-13-15-31-35-39-43-47-51-55-61(66)60(59-65)64-62(67)56-52-48-44-40-36-33-29-27-25-23-21-19-17-18-20-22-24-26-28-30-34-38-42-46-50-54-58-69-63(68)57-53-49-45-41-37-32-16-14-12-10-8-6-4-2/h17,19,60-61,65-66H,3-16,18,20-59H2,1-2H3,(H,64,67)/b19-17-. The van der Waals surface area contributed by atoms with E-state index in [1.807, 2.05) is 0 Å². The Kier molecular flexibility index (Phi) is 58.0. The predicted molar refractivity (Wildman–Crippen MR) is 301 cm³/mol. The number of hydrogen-bond acceptors (Lipinski definition) is 5. The quantitative estimate of drug-likeness (QED) is 0.0321. The van der Waals surface area contributed by atoms with E-state index in [0.29, 0.717) is 25.9 Å². The van der Waals surface area contributed by atoms with Gasteiger partial charge in [-0.2, -0.15) is 0 Å². The fourth-order valence-electron chi connectivity index (χ4n) is 9.99. The Balaban J connectivity index is 3.37. The lowest BCUT2D eigenvalue weighted by Crippen LogP contribution is -2.45. The number of carbonyl (C=O) groups is 2. The number of nitrogens with one attached hydrogen (secondary N) is 1. The number of unbranched alkanes of at least 4 members (excludes halogenated alkanes) is 46. The third kappa shape index (κ3) is 55.8. The molecule has 0 aliphatic carbocycles. The molecule has 0 heterocycles. The van der Waals surface area contributed by atoms with Crippen molar-refractivity contribution < 1.29 is 24.5 Å². The number of carbonyl (C=O) groups excluding carboxylic acids is 2.